The van der Waals surface area contributed by atoms with Crippen LogP contribution in [0.15, 0.2) is 22.6 Å². The summed E-state index contributed by atoms with van der Waals surface area (Å²) in [5.74, 6) is 0.506. The lowest BCUT2D eigenvalue weighted by molar-refractivity contribution is 0.0928. The van der Waals surface area contributed by atoms with Gasteiger partial charge in [0.15, 0.2) is 5.76 Å². The van der Waals surface area contributed by atoms with E-state index >= 15 is 0 Å². The van der Waals surface area contributed by atoms with E-state index < -0.39 is 10.0 Å². The number of nitrogens with one attached hydrogen (secondary N) is 2. The van der Waals surface area contributed by atoms with Gasteiger partial charge in [0, 0.05) is 24.0 Å². The number of rotatable bonds is 6. The first kappa shape index (κ1) is 16.3. The van der Waals surface area contributed by atoms with Gasteiger partial charge in [-0.2, -0.15) is 0 Å². The second-order valence-electron chi connectivity index (χ2n) is 4.84. The van der Waals surface area contributed by atoms with Gasteiger partial charge >= 0.3 is 0 Å². The first-order valence-electron chi connectivity index (χ1n) is 6.62. The minimum absolute atomic E-state index is 0.123. The van der Waals surface area contributed by atoms with Crippen molar-refractivity contribution in [3.63, 3.8) is 0 Å². The number of furan rings is 1. The SMILES string of the molecule is COc1ccc2oc(C(=O)NCCNS(C)(=O)=O)c(C)c2c1. The van der Waals surface area contributed by atoms with Crippen LogP contribution in [-0.4, -0.2) is 40.8 Å². The zero-order valence-electron chi connectivity index (χ0n) is 12.6. The number of carbonyl (C=O) groups excluding carboxylic acids is 1. The minimum atomic E-state index is -3.26. The highest BCUT2D eigenvalue weighted by Crippen LogP contribution is 2.28. The molecule has 0 aliphatic heterocycles. The van der Waals surface area contributed by atoms with E-state index in [0.29, 0.717) is 16.9 Å². The van der Waals surface area contributed by atoms with Crippen LogP contribution in [0, 0.1) is 6.92 Å². The van der Waals surface area contributed by atoms with E-state index in [-0.39, 0.29) is 24.8 Å². The van der Waals surface area contributed by atoms with Crippen LogP contribution in [0.5, 0.6) is 5.75 Å². The van der Waals surface area contributed by atoms with Crippen molar-refractivity contribution in [1.82, 2.24) is 10.0 Å². The molecule has 0 saturated heterocycles. The fraction of sp³-hybridized carbons (Fsp3) is 0.357. The molecule has 0 saturated carbocycles. The lowest BCUT2D eigenvalue weighted by Crippen LogP contribution is -2.34. The maximum atomic E-state index is 12.1. The van der Waals surface area contributed by atoms with Gasteiger partial charge in [0.2, 0.25) is 10.0 Å². The number of methoxy groups -OCH3 is 1. The molecule has 0 atom stereocenters. The summed E-state index contributed by atoms with van der Waals surface area (Å²) in [6.07, 6.45) is 1.06. The van der Waals surface area contributed by atoms with Crippen LogP contribution in [0.3, 0.4) is 0 Å². The van der Waals surface area contributed by atoms with Crippen molar-refractivity contribution in [2.45, 2.75) is 6.92 Å². The Bertz CT molecular complexity index is 795. The summed E-state index contributed by atoms with van der Waals surface area (Å²) in [7, 11) is -1.69. The fourth-order valence-electron chi connectivity index (χ4n) is 2.04. The summed E-state index contributed by atoms with van der Waals surface area (Å²) in [6, 6.07) is 5.29. The van der Waals surface area contributed by atoms with Crippen molar-refractivity contribution in [2.75, 3.05) is 26.5 Å². The van der Waals surface area contributed by atoms with E-state index in [0.717, 1.165) is 11.6 Å². The molecule has 7 nitrogen and oxygen atoms in total. The number of carbonyl (C=O) groups is 1. The van der Waals surface area contributed by atoms with Gasteiger partial charge in [-0.05, 0) is 25.1 Å². The van der Waals surface area contributed by atoms with E-state index in [1.54, 1.807) is 32.2 Å². The molecular formula is C14H18N2O5S. The van der Waals surface area contributed by atoms with E-state index in [1.807, 2.05) is 0 Å². The molecule has 0 bridgehead atoms. The zero-order valence-corrected chi connectivity index (χ0v) is 13.4. The number of hydrogen-bond acceptors (Lipinski definition) is 5. The largest absolute Gasteiger partial charge is 0.497 e. The Morgan fingerprint density at radius 1 is 1.32 bits per heavy atom. The third-order valence-corrected chi connectivity index (χ3v) is 3.85. The van der Waals surface area contributed by atoms with E-state index in [4.69, 9.17) is 9.15 Å². The van der Waals surface area contributed by atoms with E-state index in [9.17, 15) is 13.2 Å². The van der Waals surface area contributed by atoms with Crippen molar-refractivity contribution < 1.29 is 22.4 Å². The quantitative estimate of drug-likeness (QED) is 0.773. The van der Waals surface area contributed by atoms with Crippen molar-refractivity contribution in [1.29, 1.82) is 0 Å². The molecule has 2 aromatic rings. The van der Waals surface area contributed by atoms with Gasteiger partial charge in [0.05, 0.1) is 13.4 Å². The zero-order chi connectivity index (χ0) is 16.3. The standard InChI is InChI=1S/C14H18N2O5S/c1-9-11-8-10(20-2)4-5-12(11)21-13(9)14(17)15-6-7-16-22(3,18)19/h4-5,8,16H,6-7H2,1-3H3,(H,15,17). The molecule has 1 aromatic carbocycles. The molecule has 8 heteroatoms. The minimum Gasteiger partial charge on any atom is -0.497 e. The monoisotopic (exact) mass is 326 g/mol. The number of fused-ring (bicyclic) bond motifs is 1. The van der Waals surface area contributed by atoms with Gasteiger partial charge in [-0.25, -0.2) is 13.1 Å². The average molecular weight is 326 g/mol. The van der Waals surface area contributed by atoms with Crippen LogP contribution in [0.25, 0.3) is 11.0 Å². The number of ether oxygens (including phenoxy) is 1. The Morgan fingerprint density at radius 3 is 2.68 bits per heavy atom. The van der Waals surface area contributed by atoms with Crippen molar-refractivity contribution >= 4 is 26.9 Å². The van der Waals surface area contributed by atoms with Crippen molar-refractivity contribution in [3.8, 4) is 5.75 Å². The normalized spacial score (nSPS) is 11.6. The van der Waals surface area contributed by atoms with Gasteiger partial charge in [-0.3, -0.25) is 4.79 Å². The molecule has 2 N–H and O–H groups in total. The summed E-state index contributed by atoms with van der Waals surface area (Å²) in [5, 5.41) is 3.42. The predicted octanol–water partition coefficient (Wildman–Crippen LogP) is 1.03. The van der Waals surface area contributed by atoms with Gasteiger partial charge in [0.25, 0.3) is 5.91 Å². The predicted molar refractivity (Wildman–Crippen MR) is 82.7 cm³/mol. The average Bonchev–Trinajstić information content (AvgIpc) is 2.79. The van der Waals surface area contributed by atoms with Crippen LogP contribution in [0.4, 0.5) is 0 Å². The summed E-state index contributed by atoms with van der Waals surface area (Å²) in [6.45, 7) is 2.08. The smallest absolute Gasteiger partial charge is 0.287 e. The highest BCUT2D eigenvalue weighted by molar-refractivity contribution is 7.88. The maximum absolute atomic E-state index is 12.1. The molecule has 0 aliphatic carbocycles. The lowest BCUT2D eigenvalue weighted by atomic mass is 10.1. The van der Waals surface area contributed by atoms with Gasteiger partial charge in [-0.1, -0.05) is 0 Å². The van der Waals surface area contributed by atoms with Gasteiger partial charge in [0.1, 0.15) is 11.3 Å². The first-order valence-corrected chi connectivity index (χ1v) is 8.51. The van der Waals surface area contributed by atoms with Crippen LogP contribution < -0.4 is 14.8 Å². The van der Waals surface area contributed by atoms with Crippen LogP contribution in [-0.2, 0) is 10.0 Å². The van der Waals surface area contributed by atoms with E-state index in [2.05, 4.69) is 10.0 Å². The second-order valence-corrected chi connectivity index (χ2v) is 6.67. The summed E-state index contributed by atoms with van der Waals surface area (Å²) in [4.78, 5) is 12.1. The van der Waals surface area contributed by atoms with Crippen LogP contribution >= 0.6 is 0 Å². The molecule has 0 spiro atoms. The summed E-state index contributed by atoms with van der Waals surface area (Å²) in [5.41, 5.74) is 1.31. The third kappa shape index (κ3) is 3.77. The first-order chi connectivity index (χ1) is 10.3. The molecule has 0 radical (unpaired) electrons. The van der Waals surface area contributed by atoms with E-state index in [1.165, 1.54) is 0 Å². The Kier molecular flexibility index (Phi) is 4.72. The Hall–Kier alpha value is -2.06. The molecule has 22 heavy (non-hydrogen) atoms. The fourth-order valence-corrected chi connectivity index (χ4v) is 2.51. The number of amides is 1. The highest BCUT2D eigenvalue weighted by Gasteiger charge is 2.17. The van der Waals surface area contributed by atoms with Gasteiger partial charge < -0.3 is 14.5 Å². The Morgan fingerprint density at radius 2 is 2.05 bits per heavy atom. The highest BCUT2D eigenvalue weighted by atomic mass is 32.2. The Labute approximate surface area is 128 Å². The molecule has 0 fully saturated rings. The topological polar surface area (TPSA) is 97.6 Å². The number of benzene rings is 1. The lowest BCUT2D eigenvalue weighted by Gasteiger charge is -2.04. The van der Waals surface area contributed by atoms with Gasteiger partial charge in [-0.15, -0.1) is 0 Å². The molecule has 120 valence electrons. The molecule has 2 rings (SSSR count). The summed E-state index contributed by atoms with van der Waals surface area (Å²) >= 11 is 0. The van der Waals surface area contributed by atoms with Crippen LogP contribution in [0.2, 0.25) is 0 Å². The molecule has 0 aliphatic rings. The van der Waals surface area contributed by atoms with Crippen molar-refractivity contribution in [2.24, 2.45) is 0 Å². The van der Waals surface area contributed by atoms with Crippen LogP contribution in [0.1, 0.15) is 16.1 Å². The second kappa shape index (κ2) is 6.37. The third-order valence-electron chi connectivity index (χ3n) is 3.12. The molecular weight excluding hydrogens is 308 g/mol. The van der Waals surface area contributed by atoms with Crippen molar-refractivity contribution in [3.05, 3.63) is 29.5 Å². The molecule has 1 amide bonds. The number of aryl methyl sites for hydroxylation is 1. The molecule has 1 aromatic heterocycles. The number of hydrogen-bond donors (Lipinski definition) is 2. The molecule has 1 heterocycles. The maximum Gasteiger partial charge on any atom is 0.287 e. The Balaban J connectivity index is 2.10. The number of sulfonamides is 1. The summed E-state index contributed by atoms with van der Waals surface area (Å²) < 4.78 is 34.8. The molecule has 0 unspecified atom stereocenters.